The maximum atomic E-state index is 10.5. The van der Waals surface area contributed by atoms with Crippen molar-refractivity contribution in [3.05, 3.63) is 36.4 Å². The first-order valence-electron chi connectivity index (χ1n) is 5.53. The van der Waals surface area contributed by atoms with E-state index < -0.39 is 5.97 Å². The van der Waals surface area contributed by atoms with Gasteiger partial charge in [-0.3, -0.25) is 4.40 Å². The first kappa shape index (κ1) is 10.6. The van der Waals surface area contributed by atoms with E-state index in [0.717, 1.165) is 10.9 Å². The molecule has 0 unspecified atom stereocenters. The van der Waals surface area contributed by atoms with Gasteiger partial charge in [0.25, 0.3) is 0 Å². The number of aromatic nitrogens is 4. The van der Waals surface area contributed by atoms with Gasteiger partial charge in [-0.05, 0) is 18.6 Å². The monoisotopic (exact) mass is 241 g/mol. The molecule has 0 fully saturated rings. The molecule has 2 aromatic heterocycles. The van der Waals surface area contributed by atoms with Crippen LogP contribution in [0.2, 0.25) is 0 Å². The lowest BCUT2D eigenvalue weighted by Gasteiger charge is -2.02. The van der Waals surface area contributed by atoms with Crippen LogP contribution >= 0.6 is 0 Å². The number of benzene rings is 1. The molecule has 18 heavy (non-hydrogen) atoms. The van der Waals surface area contributed by atoms with E-state index in [-0.39, 0.29) is 12.8 Å². The molecule has 90 valence electrons. The first-order chi connectivity index (χ1) is 8.75. The molecule has 3 rings (SSSR count). The zero-order chi connectivity index (χ0) is 12.5. The molecule has 0 atom stereocenters. The summed E-state index contributed by atoms with van der Waals surface area (Å²) in [6.45, 7) is 0. The van der Waals surface area contributed by atoms with Gasteiger partial charge in [-0.1, -0.05) is 12.1 Å². The zero-order valence-electron chi connectivity index (χ0n) is 9.41. The first-order valence-corrected chi connectivity index (χ1v) is 5.53. The second-order valence-corrected chi connectivity index (χ2v) is 3.94. The second kappa shape index (κ2) is 4.06. The summed E-state index contributed by atoms with van der Waals surface area (Å²) in [5.74, 6) is -0.520. The molecule has 3 aromatic rings. The molecule has 0 saturated heterocycles. The third kappa shape index (κ3) is 1.67. The summed E-state index contributed by atoms with van der Waals surface area (Å²) in [4.78, 5) is 14.7. The van der Waals surface area contributed by atoms with E-state index in [2.05, 4.69) is 15.2 Å². The summed E-state index contributed by atoms with van der Waals surface area (Å²) in [6, 6.07) is 7.61. The summed E-state index contributed by atoms with van der Waals surface area (Å²) in [5, 5.41) is 19.4. The number of aryl methyl sites for hydroxylation is 1. The fourth-order valence-electron chi connectivity index (χ4n) is 1.91. The molecule has 0 spiro atoms. The van der Waals surface area contributed by atoms with Gasteiger partial charge in [-0.2, -0.15) is 0 Å². The normalized spacial score (nSPS) is 11.1. The highest BCUT2D eigenvalue weighted by Crippen LogP contribution is 2.16. The van der Waals surface area contributed by atoms with Crippen molar-refractivity contribution in [3.63, 3.8) is 0 Å². The molecule has 0 aliphatic rings. The van der Waals surface area contributed by atoms with Crippen LogP contribution in [0, 0.1) is 0 Å². The summed E-state index contributed by atoms with van der Waals surface area (Å²) >= 11 is 0. The average molecular weight is 241 g/mol. The van der Waals surface area contributed by atoms with Crippen molar-refractivity contribution >= 4 is 22.5 Å². The minimum Gasteiger partial charge on any atom is -0.550 e. The Bertz CT molecular complexity index is 735. The Hall–Kier alpha value is -2.50. The van der Waals surface area contributed by atoms with E-state index in [4.69, 9.17) is 0 Å². The number of rotatable bonds is 3. The Kier molecular flexibility index (Phi) is 2.40. The molecule has 2 heterocycles. The van der Waals surface area contributed by atoms with Crippen molar-refractivity contribution in [3.8, 4) is 0 Å². The molecule has 0 N–H and O–H groups in total. The molecular weight excluding hydrogens is 232 g/mol. The maximum Gasteiger partial charge on any atom is 0.171 e. The molecule has 6 nitrogen and oxygen atoms in total. The van der Waals surface area contributed by atoms with Crippen molar-refractivity contribution in [1.82, 2.24) is 19.6 Å². The number of hydrogen-bond acceptors (Lipinski definition) is 5. The van der Waals surface area contributed by atoms with Gasteiger partial charge in [0.2, 0.25) is 0 Å². The number of carbonyl (C=O) groups is 1. The predicted octanol–water partition coefficient (Wildman–Crippen LogP) is -0.0400. The molecule has 0 aliphatic heterocycles. The van der Waals surface area contributed by atoms with Gasteiger partial charge in [-0.25, -0.2) is 4.98 Å². The summed E-state index contributed by atoms with van der Waals surface area (Å²) in [7, 11) is 0. The minimum atomic E-state index is -1.10. The topological polar surface area (TPSA) is 83.2 Å². The van der Waals surface area contributed by atoms with Crippen LogP contribution in [0.4, 0.5) is 0 Å². The smallest absolute Gasteiger partial charge is 0.171 e. The number of carboxylic acids is 1. The van der Waals surface area contributed by atoms with E-state index in [1.165, 1.54) is 0 Å². The summed E-state index contributed by atoms with van der Waals surface area (Å²) in [6.07, 6.45) is 1.82. The molecule has 0 amide bonds. The van der Waals surface area contributed by atoms with E-state index in [9.17, 15) is 9.90 Å². The van der Waals surface area contributed by atoms with Crippen LogP contribution < -0.4 is 5.11 Å². The lowest BCUT2D eigenvalue weighted by molar-refractivity contribution is -0.305. The number of para-hydroxylation sites is 1. The van der Waals surface area contributed by atoms with Crippen molar-refractivity contribution in [2.75, 3.05) is 0 Å². The fourth-order valence-corrected chi connectivity index (χ4v) is 1.91. The van der Waals surface area contributed by atoms with E-state index in [1.807, 2.05) is 24.3 Å². The lowest BCUT2D eigenvalue weighted by Crippen LogP contribution is -2.22. The standard InChI is InChI=1S/C12H10N4O2/c17-11(18)6-5-10-14-15-12-8-3-1-2-4-9(8)13-7-16(10)12/h1-4,7H,5-6H2,(H,17,18)/p-1. The molecule has 0 radical (unpaired) electrons. The Labute approximate surface area is 102 Å². The quantitative estimate of drug-likeness (QED) is 0.642. The van der Waals surface area contributed by atoms with Crippen LogP contribution in [-0.4, -0.2) is 25.6 Å². The van der Waals surface area contributed by atoms with Crippen LogP contribution in [0.15, 0.2) is 30.6 Å². The molecule has 6 heteroatoms. The van der Waals surface area contributed by atoms with Gasteiger partial charge >= 0.3 is 0 Å². The van der Waals surface area contributed by atoms with Gasteiger partial charge in [0, 0.05) is 17.8 Å². The Balaban J connectivity index is 2.14. The maximum absolute atomic E-state index is 10.5. The molecule has 0 bridgehead atoms. The SMILES string of the molecule is O=C([O-])CCc1nnc2c3ccccc3ncn12. The third-order valence-corrected chi connectivity index (χ3v) is 2.78. The molecule has 0 saturated carbocycles. The largest absolute Gasteiger partial charge is 0.550 e. The van der Waals surface area contributed by atoms with Gasteiger partial charge in [0.05, 0.1) is 5.52 Å². The lowest BCUT2D eigenvalue weighted by atomic mass is 10.2. The highest BCUT2D eigenvalue weighted by atomic mass is 16.4. The van der Waals surface area contributed by atoms with Crippen LogP contribution in [0.1, 0.15) is 12.2 Å². The highest BCUT2D eigenvalue weighted by molar-refractivity contribution is 5.90. The fraction of sp³-hybridized carbons (Fsp3) is 0.167. The second-order valence-electron chi connectivity index (χ2n) is 3.94. The number of carboxylic acid groups (broad SMARTS) is 1. The van der Waals surface area contributed by atoms with Crippen LogP contribution in [0.5, 0.6) is 0 Å². The Morgan fingerprint density at radius 3 is 2.94 bits per heavy atom. The van der Waals surface area contributed by atoms with Gasteiger partial charge in [-0.15, -0.1) is 10.2 Å². The van der Waals surface area contributed by atoms with E-state index in [1.54, 1.807) is 10.7 Å². The summed E-state index contributed by atoms with van der Waals surface area (Å²) < 4.78 is 1.71. The Morgan fingerprint density at radius 1 is 1.28 bits per heavy atom. The van der Waals surface area contributed by atoms with Crippen molar-refractivity contribution in [2.24, 2.45) is 0 Å². The third-order valence-electron chi connectivity index (χ3n) is 2.78. The molecule has 0 aliphatic carbocycles. The van der Waals surface area contributed by atoms with Gasteiger partial charge in [0.1, 0.15) is 12.2 Å². The average Bonchev–Trinajstić information content (AvgIpc) is 2.80. The molecule has 1 aromatic carbocycles. The van der Waals surface area contributed by atoms with Crippen LogP contribution in [-0.2, 0) is 11.2 Å². The number of aliphatic carboxylic acids is 1. The van der Waals surface area contributed by atoms with Crippen LogP contribution in [0.3, 0.4) is 0 Å². The number of fused-ring (bicyclic) bond motifs is 3. The molecular formula is C12H9N4O2-. The Morgan fingerprint density at radius 2 is 2.11 bits per heavy atom. The number of hydrogen-bond donors (Lipinski definition) is 0. The highest BCUT2D eigenvalue weighted by Gasteiger charge is 2.08. The van der Waals surface area contributed by atoms with Crippen molar-refractivity contribution in [2.45, 2.75) is 12.8 Å². The summed E-state index contributed by atoms with van der Waals surface area (Å²) in [5.41, 5.74) is 1.53. The zero-order valence-corrected chi connectivity index (χ0v) is 9.41. The van der Waals surface area contributed by atoms with Gasteiger partial charge in [0.15, 0.2) is 5.65 Å². The predicted molar refractivity (Wildman–Crippen MR) is 61.6 cm³/mol. The van der Waals surface area contributed by atoms with Crippen molar-refractivity contribution in [1.29, 1.82) is 0 Å². The van der Waals surface area contributed by atoms with Crippen molar-refractivity contribution < 1.29 is 9.90 Å². The van der Waals surface area contributed by atoms with E-state index >= 15 is 0 Å². The minimum absolute atomic E-state index is 0.0758. The number of carbonyl (C=O) groups excluding carboxylic acids is 1. The van der Waals surface area contributed by atoms with E-state index in [0.29, 0.717) is 11.5 Å². The van der Waals surface area contributed by atoms with Gasteiger partial charge < -0.3 is 9.90 Å². The van der Waals surface area contributed by atoms with Crippen LogP contribution in [0.25, 0.3) is 16.6 Å². The number of nitrogens with zero attached hydrogens (tertiary/aromatic N) is 4.